The fraction of sp³-hybridized carbons (Fsp3) is 0.478. The van der Waals surface area contributed by atoms with Crippen LogP contribution in [0.5, 0.6) is 0 Å². The third-order valence-electron chi connectivity index (χ3n) is 6.27. The molecule has 1 saturated heterocycles. The van der Waals surface area contributed by atoms with E-state index in [2.05, 4.69) is 14.7 Å². The number of nitrogens with zero attached hydrogens (tertiary/aromatic N) is 4. The molecule has 3 atom stereocenters. The summed E-state index contributed by atoms with van der Waals surface area (Å²) >= 11 is 0. The van der Waals surface area contributed by atoms with Gasteiger partial charge in [0, 0.05) is 24.7 Å². The van der Waals surface area contributed by atoms with E-state index in [0.717, 1.165) is 5.56 Å². The van der Waals surface area contributed by atoms with Gasteiger partial charge in [0.25, 0.3) is 5.96 Å². The number of hydrogen-bond acceptors (Lipinski definition) is 8. The second kappa shape index (κ2) is 12.1. The minimum atomic E-state index is -4.27. The molecule has 1 amide bonds. The molecule has 0 bridgehead atoms. The number of para-hydroxylation sites is 1. The molecular weight excluding hydrogens is 518 g/mol. The van der Waals surface area contributed by atoms with Gasteiger partial charge in [-0.3, -0.25) is 9.78 Å². The lowest BCUT2D eigenvalue weighted by Gasteiger charge is -2.38. The highest BCUT2D eigenvalue weighted by molar-refractivity contribution is 7.89. The number of aromatic nitrogens is 1. The molecule has 14 nitrogen and oxygen atoms in total. The van der Waals surface area contributed by atoms with Crippen molar-refractivity contribution < 1.29 is 28.1 Å². The Morgan fingerprint density at radius 1 is 1.39 bits per heavy atom. The average Bonchev–Trinajstić information content (AvgIpc) is 2.84. The van der Waals surface area contributed by atoms with Crippen molar-refractivity contribution in [3.05, 3.63) is 46.1 Å². The number of piperidine rings is 1. The molecule has 0 aliphatic carbocycles. The molecule has 15 heteroatoms. The zero-order valence-electron chi connectivity index (χ0n) is 21.0. The molecule has 0 unspecified atom stereocenters. The Labute approximate surface area is 219 Å². The summed E-state index contributed by atoms with van der Waals surface area (Å²) in [5.41, 5.74) is 8.19. The number of amides is 1. The number of hydrogen-bond donors (Lipinski definition) is 4. The third kappa shape index (κ3) is 7.13. The second-order valence-corrected chi connectivity index (χ2v) is 11.0. The van der Waals surface area contributed by atoms with Gasteiger partial charge in [-0.05, 0) is 56.2 Å². The van der Waals surface area contributed by atoms with E-state index in [1.54, 1.807) is 23.6 Å². The highest BCUT2D eigenvalue weighted by Crippen LogP contribution is 2.26. The quantitative estimate of drug-likeness (QED) is 0.107. The minimum Gasteiger partial charge on any atom is -0.480 e. The van der Waals surface area contributed by atoms with Crippen molar-refractivity contribution in [3.63, 3.8) is 0 Å². The monoisotopic (exact) mass is 549 g/mol. The van der Waals surface area contributed by atoms with Crippen molar-refractivity contribution in [3.8, 4) is 0 Å². The Bertz CT molecular complexity index is 1350. The number of aliphatic imine (C=N–C) groups is 1. The lowest BCUT2D eigenvalue weighted by atomic mass is 9.91. The molecule has 2 heterocycles. The molecule has 0 saturated carbocycles. The summed E-state index contributed by atoms with van der Waals surface area (Å²) in [6.07, 6.45) is 2.45. The maximum Gasteiger partial charge on any atom is 0.326 e. The lowest BCUT2D eigenvalue weighted by molar-refractivity contribution is -0.525. The van der Waals surface area contributed by atoms with Gasteiger partial charge in [0.05, 0.1) is 5.52 Å². The number of likely N-dealkylation sites (tertiary alicyclic amines) is 1. The van der Waals surface area contributed by atoms with Gasteiger partial charge in [0.15, 0.2) is 5.03 Å². The van der Waals surface area contributed by atoms with E-state index < -0.39 is 45.0 Å². The van der Waals surface area contributed by atoms with Crippen molar-refractivity contribution in [1.29, 1.82) is 0 Å². The number of carboxylic acids is 1. The number of rotatable bonds is 10. The van der Waals surface area contributed by atoms with Gasteiger partial charge in [-0.15, -0.1) is 0 Å². The number of fused-ring (bicyclic) bond motifs is 1. The van der Waals surface area contributed by atoms with E-state index in [0.29, 0.717) is 11.8 Å². The molecule has 2 aromatic rings. The van der Waals surface area contributed by atoms with Gasteiger partial charge in [0.1, 0.15) is 17.0 Å². The van der Waals surface area contributed by atoms with Crippen LogP contribution in [0.4, 0.5) is 0 Å². The topological polar surface area (TPSA) is 210 Å². The summed E-state index contributed by atoms with van der Waals surface area (Å²) in [4.78, 5) is 45.1. The zero-order valence-corrected chi connectivity index (χ0v) is 21.8. The summed E-state index contributed by atoms with van der Waals surface area (Å²) < 4.78 is 29.4. The molecule has 1 aromatic heterocycles. The Morgan fingerprint density at radius 2 is 2.13 bits per heavy atom. The van der Waals surface area contributed by atoms with Crippen LogP contribution in [0.25, 0.3) is 10.9 Å². The van der Waals surface area contributed by atoms with Crippen molar-refractivity contribution in [2.45, 2.75) is 56.5 Å². The summed E-state index contributed by atoms with van der Waals surface area (Å²) in [5, 5.41) is 19.9. The average molecular weight is 550 g/mol. The first-order valence-corrected chi connectivity index (χ1v) is 13.5. The molecule has 1 aliphatic rings. The number of carboxylic acid groups (broad SMARTS) is 1. The van der Waals surface area contributed by atoms with E-state index in [1.165, 1.54) is 17.2 Å². The molecule has 38 heavy (non-hydrogen) atoms. The molecule has 1 fully saturated rings. The number of pyridine rings is 1. The molecule has 0 spiro atoms. The summed E-state index contributed by atoms with van der Waals surface area (Å²) in [6, 6.07) is 4.07. The Morgan fingerprint density at radius 3 is 2.82 bits per heavy atom. The third-order valence-corrected chi connectivity index (χ3v) is 7.77. The molecule has 206 valence electrons. The number of nitrogens with two attached hydrogens (primary N) is 1. The smallest absolute Gasteiger partial charge is 0.326 e. The highest BCUT2D eigenvalue weighted by Gasteiger charge is 2.39. The Balaban J connectivity index is 1.89. The Hall–Kier alpha value is -3.85. The van der Waals surface area contributed by atoms with Crippen molar-refractivity contribution in [2.75, 3.05) is 13.1 Å². The number of benzene rings is 1. The fourth-order valence-corrected chi connectivity index (χ4v) is 5.81. The summed E-state index contributed by atoms with van der Waals surface area (Å²) in [7, 11) is -4.27. The van der Waals surface area contributed by atoms with Crippen LogP contribution in [0.15, 0.2) is 40.4 Å². The molecule has 1 aliphatic heterocycles. The fourth-order valence-electron chi connectivity index (χ4n) is 4.41. The number of aryl methyl sites for hydroxylation is 1. The summed E-state index contributed by atoms with van der Waals surface area (Å²) in [5.74, 6) is -2.18. The highest BCUT2D eigenvalue weighted by atomic mass is 32.2. The van der Waals surface area contributed by atoms with E-state index in [9.17, 15) is 33.2 Å². The molecule has 3 rings (SSSR count). The van der Waals surface area contributed by atoms with Crippen LogP contribution in [0.2, 0.25) is 0 Å². The first kappa shape index (κ1) is 28.7. The number of carbonyl (C=O) groups excluding carboxylic acids is 1. The number of guanidine groups is 1. The first-order chi connectivity index (χ1) is 17.9. The normalized spacial score (nSPS) is 19.2. The number of nitrogens with one attached hydrogen (secondary N) is 2. The SMILES string of the molecule is Cc1cnc2c(S(=O)(=O)N[C@@H](CCCN=C(N)N[N+](=O)[O-])C(=O)N3CC[C@H](C)C[C@H]3C(=O)O)cccc2c1. The standard InChI is InChI=1S/C23H31N7O7S/c1-14-8-10-29(18(12-14)22(32)33)21(31)17(6-4-9-25-23(24)27-30(34)35)28-38(36,37)19-7-3-5-16-11-15(2)13-26-20(16)19/h3,5,7,11,13-14,17-18,28H,4,6,8-10,12H2,1-2H3,(H,32,33)(H3,24,25,27)/t14-,17-,18-/m0/s1. The van der Waals surface area contributed by atoms with Crippen molar-refractivity contribution in [1.82, 2.24) is 20.0 Å². The Kier molecular flexibility index (Phi) is 9.17. The van der Waals surface area contributed by atoms with E-state index in [-0.39, 0.29) is 48.7 Å². The summed E-state index contributed by atoms with van der Waals surface area (Å²) in [6.45, 7) is 3.86. The maximum atomic E-state index is 13.6. The largest absolute Gasteiger partial charge is 0.480 e. The molecule has 1 aromatic carbocycles. The number of sulfonamides is 1. The van der Waals surface area contributed by atoms with Crippen molar-refractivity contribution >= 4 is 38.8 Å². The second-order valence-electron chi connectivity index (χ2n) is 9.31. The van der Waals surface area contributed by atoms with Crippen LogP contribution in [-0.4, -0.2) is 71.4 Å². The van der Waals surface area contributed by atoms with Crippen LogP contribution >= 0.6 is 0 Å². The van der Waals surface area contributed by atoms with Crippen LogP contribution < -0.4 is 15.9 Å². The number of nitro groups is 1. The molecular formula is C23H31N7O7S. The first-order valence-electron chi connectivity index (χ1n) is 12.0. The molecule has 5 N–H and O–H groups in total. The number of carbonyl (C=O) groups is 2. The van der Waals surface area contributed by atoms with Crippen LogP contribution in [0.3, 0.4) is 0 Å². The van der Waals surface area contributed by atoms with Gasteiger partial charge >= 0.3 is 5.97 Å². The molecule has 0 radical (unpaired) electrons. The van der Waals surface area contributed by atoms with Gasteiger partial charge in [-0.1, -0.05) is 24.5 Å². The van der Waals surface area contributed by atoms with Gasteiger partial charge < -0.3 is 15.7 Å². The van der Waals surface area contributed by atoms with Gasteiger partial charge in [-0.2, -0.15) is 4.72 Å². The lowest BCUT2D eigenvalue weighted by Crippen LogP contribution is -2.56. The number of hydrazine groups is 1. The minimum absolute atomic E-state index is 0.0350. The van der Waals surface area contributed by atoms with Crippen LogP contribution in [0.1, 0.15) is 38.2 Å². The van der Waals surface area contributed by atoms with Crippen LogP contribution in [-0.2, 0) is 19.6 Å². The number of aliphatic carboxylic acids is 1. The van der Waals surface area contributed by atoms with Gasteiger partial charge in [-0.25, -0.2) is 28.3 Å². The predicted octanol–water partition coefficient (Wildman–Crippen LogP) is 0.778. The maximum absolute atomic E-state index is 13.6. The van der Waals surface area contributed by atoms with E-state index in [1.807, 2.05) is 13.8 Å². The van der Waals surface area contributed by atoms with Gasteiger partial charge in [0.2, 0.25) is 15.9 Å². The van der Waals surface area contributed by atoms with E-state index in [4.69, 9.17) is 5.73 Å². The zero-order chi connectivity index (χ0) is 28.0. The predicted molar refractivity (Wildman–Crippen MR) is 138 cm³/mol. The van der Waals surface area contributed by atoms with Crippen LogP contribution in [0, 0.1) is 23.0 Å². The van der Waals surface area contributed by atoms with E-state index >= 15 is 0 Å². The van der Waals surface area contributed by atoms with Crippen molar-refractivity contribution in [2.24, 2.45) is 16.6 Å².